The van der Waals surface area contributed by atoms with Crippen molar-refractivity contribution in [1.29, 1.82) is 0 Å². The molecule has 0 fully saturated rings. The summed E-state index contributed by atoms with van der Waals surface area (Å²) in [7, 11) is 0. The second kappa shape index (κ2) is 9.46. The summed E-state index contributed by atoms with van der Waals surface area (Å²) in [5.74, 6) is -2.00. The van der Waals surface area contributed by atoms with E-state index in [0.29, 0.717) is 6.42 Å². The molecule has 0 unspecified atom stereocenters. The number of rotatable bonds is 8. The van der Waals surface area contributed by atoms with Crippen molar-refractivity contribution in [3.63, 3.8) is 0 Å². The van der Waals surface area contributed by atoms with Crippen LogP contribution in [-0.2, 0) is 32.0 Å². The highest BCUT2D eigenvalue weighted by molar-refractivity contribution is 5.89. The molecule has 0 radical (unpaired) electrons. The third-order valence-electron chi connectivity index (χ3n) is 3.77. The Morgan fingerprint density at radius 3 is 2.35 bits per heavy atom. The molecule has 136 valence electrons. The number of nitrogens with one attached hydrogen (secondary N) is 1. The minimum absolute atomic E-state index is 0.195. The highest BCUT2D eigenvalue weighted by Gasteiger charge is 2.19. The van der Waals surface area contributed by atoms with Gasteiger partial charge in [0, 0.05) is 0 Å². The lowest BCUT2D eigenvalue weighted by Gasteiger charge is -2.16. The summed E-state index contributed by atoms with van der Waals surface area (Å²) in [6.07, 6.45) is 0.0885. The zero-order valence-corrected chi connectivity index (χ0v) is 14.4. The van der Waals surface area contributed by atoms with Crippen LogP contribution < -0.4 is 5.32 Å². The molecular weight excluding hydrogens is 337 g/mol. The van der Waals surface area contributed by atoms with Gasteiger partial charge in [0.2, 0.25) is 0 Å². The summed E-state index contributed by atoms with van der Waals surface area (Å²) in [5, 5.41) is 2.56. The fraction of sp³-hybridized carbons (Fsp3) is 0.250. The van der Waals surface area contributed by atoms with Crippen LogP contribution in [0.3, 0.4) is 0 Å². The molecule has 0 bridgehead atoms. The van der Waals surface area contributed by atoms with Crippen molar-refractivity contribution in [3.05, 3.63) is 71.5 Å². The Kier molecular flexibility index (Phi) is 7.02. The Morgan fingerprint density at radius 2 is 1.69 bits per heavy atom. The normalized spacial score (nSPS) is 11.5. The van der Waals surface area contributed by atoms with Crippen molar-refractivity contribution in [2.45, 2.75) is 25.8 Å². The summed E-state index contributed by atoms with van der Waals surface area (Å²) < 4.78 is 18.4. The van der Waals surface area contributed by atoms with Crippen LogP contribution in [0.1, 0.15) is 18.1 Å². The maximum atomic E-state index is 13.5. The van der Waals surface area contributed by atoms with E-state index in [0.717, 1.165) is 5.56 Å². The number of ketones is 1. The van der Waals surface area contributed by atoms with E-state index in [1.807, 2.05) is 30.3 Å². The Balaban J connectivity index is 1.83. The molecule has 0 aliphatic carbocycles. The highest BCUT2D eigenvalue weighted by Crippen LogP contribution is 2.08. The zero-order chi connectivity index (χ0) is 18.9. The van der Waals surface area contributed by atoms with Gasteiger partial charge in [0.15, 0.2) is 12.4 Å². The Hall–Kier alpha value is -3.02. The number of amides is 1. The predicted octanol–water partition coefficient (Wildman–Crippen LogP) is 2.23. The maximum Gasteiger partial charge on any atom is 0.310 e. The first-order chi connectivity index (χ1) is 12.5. The van der Waals surface area contributed by atoms with Crippen molar-refractivity contribution in [2.24, 2.45) is 0 Å². The number of hydrogen-bond acceptors (Lipinski definition) is 4. The number of carbonyl (C=O) groups is 3. The number of carbonyl (C=O) groups excluding carboxylic acids is 3. The molecular formula is C20H20FNO4. The van der Waals surface area contributed by atoms with Gasteiger partial charge < -0.3 is 10.1 Å². The topological polar surface area (TPSA) is 72.5 Å². The molecule has 0 saturated carbocycles. The molecule has 0 saturated heterocycles. The lowest BCUT2D eigenvalue weighted by Crippen LogP contribution is -2.43. The van der Waals surface area contributed by atoms with Crippen molar-refractivity contribution in [1.82, 2.24) is 5.32 Å². The van der Waals surface area contributed by atoms with Gasteiger partial charge in [-0.05, 0) is 30.5 Å². The monoisotopic (exact) mass is 357 g/mol. The van der Waals surface area contributed by atoms with E-state index >= 15 is 0 Å². The Bertz CT molecular complexity index is 776. The molecule has 0 heterocycles. The molecule has 26 heavy (non-hydrogen) atoms. The molecule has 0 aromatic heterocycles. The van der Waals surface area contributed by atoms with Gasteiger partial charge in [-0.1, -0.05) is 48.5 Å². The lowest BCUT2D eigenvalue weighted by atomic mass is 10.0. The van der Waals surface area contributed by atoms with E-state index in [1.54, 1.807) is 6.07 Å². The maximum absolute atomic E-state index is 13.5. The summed E-state index contributed by atoms with van der Waals surface area (Å²) in [6, 6.07) is 14.4. The summed E-state index contributed by atoms with van der Waals surface area (Å²) in [5.41, 5.74) is 1.10. The molecule has 0 aliphatic heterocycles. The molecule has 6 heteroatoms. The summed E-state index contributed by atoms with van der Waals surface area (Å²) >= 11 is 0. The molecule has 0 spiro atoms. The third kappa shape index (κ3) is 6.12. The second-order valence-electron chi connectivity index (χ2n) is 5.85. The van der Waals surface area contributed by atoms with E-state index in [-0.39, 0.29) is 17.8 Å². The molecule has 5 nitrogen and oxygen atoms in total. The molecule has 0 aliphatic rings. The van der Waals surface area contributed by atoms with E-state index in [4.69, 9.17) is 4.74 Å². The van der Waals surface area contributed by atoms with Crippen LogP contribution in [0.25, 0.3) is 0 Å². The standard InChI is InChI=1S/C20H20FNO4/c1-14(23)18(11-15-7-3-2-4-8-15)22-19(24)13-26-20(25)12-16-9-5-6-10-17(16)21/h2-10,18H,11-13H2,1H3,(H,22,24)/t18-/m1/s1. The fourth-order valence-corrected chi connectivity index (χ4v) is 2.38. The number of esters is 1. The molecule has 2 rings (SSSR count). The van der Waals surface area contributed by atoms with Crippen molar-refractivity contribution >= 4 is 17.7 Å². The first-order valence-corrected chi connectivity index (χ1v) is 8.18. The van der Waals surface area contributed by atoms with Crippen LogP contribution in [0.15, 0.2) is 54.6 Å². The van der Waals surface area contributed by atoms with Crippen molar-refractivity contribution in [3.8, 4) is 0 Å². The molecule has 1 atom stereocenters. The summed E-state index contributed by atoms with van der Waals surface area (Å²) in [6.45, 7) is 0.865. The van der Waals surface area contributed by atoms with Gasteiger partial charge in [0.05, 0.1) is 12.5 Å². The first-order valence-electron chi connectivity index (χ1n) is 8.18. The van der Waals surface area contributed by atoms with Crippen LogP contribution in [0, 0.1) is 5.82 Å². The molecule has 1 N–H and O–H groups in total. The average Bonchev–Trinajstić information content (AvgIpc) is 2.62. The SMILES string of the molecule is CC(=O)[C@@H](Cc1ccccc1)NC(=O)COC(=O)Cc1ccccc1F. The van der Waals surface area contributed by atoms with Gasteiger partial charge in [-0.25, -0.2) is 4.39 Å². The van der Waals surface area contributed by atoms with E-state index in [9.17, 15) is 18.8 Å². The summed E-state index contributed by atoms with van der Waals surface area (Å²) in [4.78, 5) is 35.4. The van der Waals surface area contributed by atoms with Crippen LogP contribution in [0.4, 0.5) is 4.39 Å². The van der Waals surface area contributed by atoms with E-state index < -0.39 is 30.3 Å². The van der Waals surface area contributed by atoms with Gasteiger partial charge in [0.1, 0.15) is 5.82 Å². The quantitative estimate of drug-likeness (QED) is 0.736. The van der Waals surface area contributed by atoms with Crippen LogP contribution in [0.5, 0.6) is 0 Å². The second-order valence-corrected chi connectivity index (χ2v) is 5.85. The zero-order valence-electron chi connectivity index (χ0n) is 14.4. The molecule has 2 aromatic rings. The lowest BCUT2D eigenvalue weighted by molar-refractivity contribution is -0.148. The third-order valence-corrected chi connectivity index (χ3v) is 3.77. The largest absolute Gasteiger partial charge is 0.455 e. The van der Waals surface area contributed by atoms with Gasteiger partial charge >= 0.3 is 5.97 Å². The minimum atomic E-state index is -0.715. The molecule has 2 aromatic carbocycles. The fourth-order valence-electron chi connectivity index (χ4n) is 2.38. The van der Waals surface area contributed by atoms with Gasteiger partial charge in [-0.2, -0.15) is 0 Å². The molecule has 1 amide bonds. The van der Waals surface area contributed by atoms with Crippen molar-refractivity contribution < 1.29 is 23.5 Å². The predicted molar refractivity (Wildman–Crippen MR) is 93.8 cm³/mol. The average molecular weight is 357 g/mol. The smallest absolute Gasteiger partial charge is 0.310 e. The van der Waals surface area contributed by atoms with Crippen molar-refractivity contribution in [2.75, 3.05) is 6.61 Å². The van der Waals surface area contributed by atoms with Gasteiger partial charge in [-0.3, -0.25) is 14.4 Å². The highest BCUT2D eigenvalue weighted by atomic mass is 19.1. The Labute approximate surface area is 151 Å². The number of halogens is 1. The van der Waals surface area contributed by atoms with Crippen LogP contribution >= 0.6 is 0 Å². The van der Waals surface area contributed by atoms with Gasteiger partial charge in [-0.15, -0.1) is 0 Å². The Morgan fingerprint density at radius 1 is 1.04 bits per heavy atom. The number of ether oxygens (including phenoxy) is 1. The minimum Gasteiger partial charge on any atom is -0.455 e. The van der Waals surface area contributed by atoms with E-state index in [1.165, 1.54) is 25.1 Å². The van der Waals surface area contributed by atoms with Crippen LogP contribution in [-0.4, -0.2) is 30.3 Å². The first kappa shape index (κ1) is 19.3. The van der Waals surface area contributed by atoms with Crippen LogP contribution in [0.2, 0.25) is 0 Å². The number of Topliss-reactive ketones (excluding diaryl/α,β-unsaturated/α-hetero) is 1. The number of benzene rings is 2. The number of hydrogen-bond donors (Lipinski definition) is 1. The van der Waals surface area contributed by atoms with Gasteiger partial charge in [0.25, 0.3) is 5.91 Å². The van der Waals surface area contributed by atoms with E-state index in [2.05, 4.69) is 5.32 Å².